The Hall–Kier alpha value is -2.37. The van der Waals surface area contributed by atoms with Crippen molar-refractivity contribution in [2.45, 2.75) is 45.6 Å². The number of urea groups is 1. The van der Waals surface area contributed by atoms with Crippen LogP contribution in [0.4, 0.5) is 10.5 Å². The van der Waals surface area contributed by atoms with Gasteiger partial charge in [0.2, 0.25) is 0 Å². The van der Waals surface area contributed by atoms with Crippen LogP contribution in [0.5, 0.6) is 0 Å². The molecule has 148 valence electrons. The Balaban J connectivity index is 1.43. The van der Waals surface area contributed by atoms with Crippen molar-refractivity contribution in [3.05, 3.63) is 65.2 Å². The summed E-state index contributed by atoms with van der Waals surface area (Å²) in [5.41, 5.74) is 4.64. The van der Waals surface area contributed by atoms with Crippen LogP contribution >= 0.6 is 0 Å². The number of fused-ring (bicyclic) bond motifs is 1. The predicted octanol–water partition coefficient (Wildman–Crippen LogP) is 3.89. The number of hydrogen-bond acceptors (Lipinski definition) is 3. The predicted molar refractivity (Wildman–Crippen MR) is 111 cm³/mol. The second-order valence-corrected chi connectivity index (χ2v) is 7.98. The Morgan fingerprint density at radius 1 is 1.04 bits per heavy atom. The van der Waals surface area contributed by atoms with E-state index >= 15 is 0 Å². The van der Waals surface area contributed by atoms with E-state index in [4.69, 9.17) is 4.74 Å². The first kappa shape index (κ1) is 19.0. The summed E-state index contributed by atoms with van der Waals surface area (Å²) in [6, 6.07) is 16.5. The lowest BCUT2D eigenvalue weighted by molar-refractivity contribution is -0.0704. The maximum Gasteiger partial charge on any atom is 0.322 e. The van der Waals surface area contributed by atoms with Gasteiger partial charge in [0.15, 0.2) is 0 Å². The summed E-state index contributed by atoms with van der Waals surface area (Å²) in [6.07, 6.45) is 1.38. The van der Waals surface area contributed by atoms with Gasteiger partial charge in [0.05, 0.1) is 12.2 Å². The van der Waals surface area contributed by atoms with Crippen molar-refractivity contribution in [3.8, 4) is 0 Å². The fourth-order valence-corrected chi connectivity index (χ4v) is 4.30. The molecule has 5 nitrogen and oxygen atoms in total. The molecule has 28 heavy (non-hydrogen) atoms. The molecule has 0 unspecified atom stereocenters. The molecule has 0 radical (unpaired) electrons. The number of carbonyl (C=O) groups excluding carboxylic acids is 1. The van der Waals surface area contributed by atoms with Crippen LogP contribution in [0.2, 0.25) is 0 Å². The third-order valence-corrected chi connectivity index (χ3v) is 5.57. The summed E-state index contributed by atoms with van der Waals surface area (Å²) in [4.78, 5) is 17.2. The van der Waals surface area contributed by atoms with Crippen LogP contribution in [0, 0.1) is 0 Å². The lowest BCUT2D eigenvalue weighted by Crippen LogP contribution is -2.45. The summed E-state index contributed by atoms with van der Waals surface area (Å²) in [7, 11) is 0. The Morgan fingerprint density at radius 2 is 1.71 bits per heavy atom. The molecular weight excluding hydrogens is 350 g/mol. The van der Waals surface area contributed by atoms with E-state index < -0.39 is 0 Å². The van der Waals surface area contributed by atoms with Crippen molar-refractivity contribution in [1.82, 2.24) is 9.80 Å². The standard InChI is InChI=1S/C23H29N3O2/c1-17-13-25(14-18(2)28-17)15-21-9-5-6-10-22(21)24-23(27)26-12-11-19-7-3-4-8-20(19)16-26/h3-10,17-18H,11-16H2,1-2H3,(H,24,27)/t17-,18-/m1/s1. The van der Waals surface area contributed by atoms with Crippen molar-refractivity contribution in [3.63, 3.8) is 0 Å². The maximum absolute atomic E-state index is 12.9. The number of rotatable bonds is 3. The normalized spacial score (nSPS) is 22.6. The summed E-state index contributed by atoms with van der Waals surface area (Å²) >= 11 is 0. The number of benzene rings is 2. The van der Waals surface area contributed by atoms with Crippen LogP contribution in [0.3, 0.4) is 0 Å². The molecule has 0 aliphatic carbocycles. The lowest BCUT2D eigenvalue weighted by atomic mass is 10.0. The van der Waals surface area contributed by atoms with E-state index in [0.29, 0.717) is 6.54 Å². The van der Waals surface area contributed by atoms with Crippen LogP contribution in [0.15, 0.2) is 48.5 Å². The van der Waals surface area contributed by atoms with E-state index in [1.165, 1.54) is 11.1 Å². The number of ether oxygens (including phenoxy) is 1. The molecule has 2 atom stereocenters. The second-order valence-electron chi connectivity index (χ2n) is 7.98. The minimum Gasteiger partial charge on any atom is -0.373 e. The second kappa shape index (κ2) is 8.33. The molecule has 0 spiro atoms. The Bertz CT molecular complexity index is 828. The van der Waals surface area contributed by atoms with Crippen molar-refractivity contribution in [2.24, 2.45) is 0 Å². The van der Waals surface area contributed by atoms with Gasteiger partial charge in [0.1, 0.15) is 0 Å². The molecule has 1 N–H and O–H groups in total. The van der Waals surface area contributed by atoms with E-state index in [9.17, 15) is 4.79 Å². The molecule has 0 bridgehead atoms. The number of hydrogen-bond donors (Lipinski definition) is 1. The van der Waals surface area contributed by atoms with Gasteiger partial charge in [-0.1, -0.05) is 42.5 Å². The molecule has 0 aromatic heterocycles. The van der Waals surface area contributed by atoms with E-state index in [0.717, 1.165) is 43.9 Å². The van der Waals surface area contributed by atoms with Crippen LogP contribution in [0.25, 0.3) is 0 Å². The third-order valence-electron chi connectivity index (χ3n) is 5.57. The number of amides is 2. The third kappa shape index (κ3) is 4.37. The average Bonchev–Trinajstić information content (AvgIpc) is 2.68. The maximum atomic E-state index is 12.9. The Morgan fingerprint density at radius 3 is 2.50 bits per heavy atom. The minimum atomic E-state index is -0.0225. The number of morpholine rings is 1. The number of para-hydroxylation sites is 1. The Kier molecular flexibility index (Phi) is 5.64. The molecule has 2 aromatic carbocycles. The molecule has 1 fully saturated rings. The number of anilines is 1. The molecule has 2 aliphatic rings. The van der Waals surface area contributed by atoms with E-state index in [1.807, 2.05) is 29.2 Å². The highest BCUT2D eigenvalue weighted by Gasteiger charge is 2.24. The quantitative estimate of drug-likeness (QED) is 0.880. The highest BCUT2D eigenvalue weighted by atomic mass is 16.5. The van der Waals surface area contributed by atoms with Crippen molar-refractivity contribution < 1.29 is 9.53 Å². The van der Waals surface area contributed by atoms with Gasteiger partial charge < -0.3 is 15.0 Å². The van der Waals surface area contributed by atoms with Crippen LogP contribution in [-0.4, -0.2) is 47.7 Å². The van der Waals surface area contributed by atoms with Crippen LogP contribution in [0.1, 0.15) is 30.5 Å². The molecule has 5 heteroatoms. The highest BCUT2D eigenvalue weighted by Crippen LogP contribution is 2.23. The van der Waals surface area contributed by atoms with Gasteiger partial charge in [0, 0.05) is 38.4 Å². The van der Waals surface area contributed by atoms with Crippen LogP contribution < -0.4 is 5.32 Å². The molecule has 2 aromatic rings. The van der Waals surface area contributed by atoms with Gasteiger partial charge in [-0.05, 0) is 43.0 Å². The topological polar surface area (TPSA) is 44.8 Å². The van der Waals surface area contributed by atoms with Gasteiger partial charge >= 0.3 is 6.03 Å². The van der Waals surface area contributed by atoms with Crippen LogP contribution in [-0.2, 0) is 24.2 Å². The number of carbonyl (C=O) groups is 1. The molecule has 2 aliphatic heterocycles. The average molecular weight is 380 g/mol. The Labute approximate surface area is 167 Å². The van der Waals surface area contributed by atoms with E-state index in [-0.39, 0.29) is 18.2 Å². The largest absolute Gasteiger partial charge is 0.373 e. The van der Waals surface area contributed by atoms with Crippen molar-refractivity contribution >= 4 is 11.7 Å². The van der Waals surface area contributed by atoms with Gasteiger partial charge in [0.25, 0.3) is 0 Å². The van der Waals surface area contributed by atoms with E-state index in [1.54, 1.807) is 0 Å². The number of nitrogens with one attached hydrogen (secondary N) is 1. The first-order valence-corrected chi connectivity index (χ1v) is 10.2. The summed E-state index contributed by atoms with van der Waals surface area (Å²) in [6.45, 7) is 8.30. The van der Waals surface area contributed by atoms with Crippen molar-refractivity contribution in [2.75, 3.05) is 25.0 Å². The minimum absolute atomic E-state index is 0.0225. The molecule has 0 saturated carbocycles. The molecule has 4 rings (SSSR count). The fourth-order valence-electron chi connectivity index (χ4n) is 4.30. The first-order chi connectivity index (χ1) is 13.6. The zero-order valence-electron chi connectivity index (χ0n) is 16.7. The summed E-state index contributed by atoms with van der Waals surface area (Å²) in [5.74, 6) is 0. The monoisotopic (exact) mass is 379 g/mol. The number of nitrogens with zero attached hydrogens (tertiary/aromatic N) is 2. The smallest absolute Gasteiger partial charge is 0.322 e. The molecule has 2 amide bonds. The van der Waals surface area contributed by atoms with Gasteiger partial charge in [-0.3, -0.25) is 4.90 Å². The van der Waals surface area contributed by atoms with Crippen molar-refractivity contribution in [1.29, 1.82) is 0 Å². The zero-order chi connectivity index (χ0) is 19.5. The molecular formula is C23H29N3O2. The van der Waals surface area contributed by atoms with Gasteiger partial charge in [-0.25, -0.2) is 4.79 Å². The van der Waals surface area contributed by atoms with E-state index in [2.05, 4.69) is 48.3 Å². The summed E-state index contributed by atoms with van der Waals surface area (Å²) < 4.78 is 5.84. The molecule has 2 heterocycles. The highest BCUT2D eigenvalue weighted by molar-refractivity contribution is 5.90. The van der Waals surface area contributed by atoms with Gasteiger partial charge in [-0.2, -0.15) is 0 Å². The van der Waals surface area contributed by atoms with Gasteiger partial charge in [-0.15, -0.1) is 0 Å². The lowest BCUT2D eigenvalue weighted by Gasteiger charge is -2.35. The molecule has 1 saturated heterocycles. The SMILES string of the molecule is C[C@@H]1CN(Cc2ccccc2NC(=O)N2CCc3ccccc3C2)C[C@@H](C)O1. The summed E-state index contributed by atoms with van der Waals surface area (Å²) in [5, 5.41) is 3.15. The first-order valence-electron chi connectivity index (χ1n) is 10.2. The zero-order valence-corrected chi connectivity index (χ0v) is 16.7. The fraction of sp³-hybridized carbons (Fsp3) is 0.435.